The number of aryl methyl sites for hydroxylation is 2. The Hall–Kier alpha value is -1.75. The highest BCUT2D eigenvalue weighted by molar-refractivity contribution is 7.12. The summed E-state index contributed by atoms with van der Waals surface area (Å²) in [6.07, 6.45) is 1.58. The quantitative estimate of drug-likeness (QED) is 0.616. The Morgan fingerprint density at radius 1 is 1.35 bits per heavy atom. The molecule has 0 N–H and O–H groups in total. The molecule has 0 saturated carbocycles. The number of rotatable bonds is 4. The van der Waals surface area contributed by atoms with Gasteiger partial charge in [0.2, 0.25) is 0 Å². The summed E-state index contributed by atoms with van der Waals surface area (Å²) in [4.78, 5) is 24.3. The summed E-state index contributed by atoms with van der Waals surface area (Å²) in [6.45, 7) is 1.87. The van der Waals surface area contributed by atoms with Gasteiger partial charge in [0.25, 0.3) is 0 Å². The zero-order valence-electron chi connectivity index (χ0n) is 9.64. The topological polar surface area (TPSA) is 52.0 Å². The van der Waals surface area contributed by atoms with E-state index < -0.39 is 0 Å². The Bertz CT molecular complexity index is 569. The first-order valence-corrected chi connectivity index (χ1v) is 6.06. The van der Waals surface area contributed by atoms with Gasteiger partial charge < -0.3 is 0 Å². The highest BCUT2D eigenvalue weighted by atomic mass is 32.1. The van der Waals surface area contributed by atoms with Gasteiger partial charge in [-0.25, -0.2) is 0 Å². The highest BCUT2D eigenvalue weighted by Crippen LogP contribution is 2.18. The van der Waals surface area contributed by atoms with Gasteiger partial charge in [-0.3, -0.25) is 14.3 Å². The molecule has 0 radical (unpaired) electrons. The number of thiophene rings is 1. The molecule has 0 aliphatic rings. The molecule has 0 amide bonds. The lowest BCUT2D eigenvalue weighted by Crippen LogP contribution is -2.09. The maximum absolute atomic E-state index is 11.9. The van der Waals surface area contributed by atoms with Crippen molar-refractivity contribution in [2.45, 2.75) is 13.3 Å². The molecule has 2 aromatic heterocycles. The van der Waals surface area contributed by atoms with Gasteiger partial charge in [-0.05, 0) is 30.0 Å². The van der Waals surface area contributed by atoms with Crippen LogP contribution in [0.2, 0.25) is 0 Å². The van der Waals surface area contributed by atoms with E-state index in [9.17, 15) is 9.59 Å². The van der Waals surface area contributed by atoms with Crippen molar-refractivity contribution >= 4 is 22.9 Å². The molecule has 2 heterocycles. The minimum absolute atomic E-state index is 0.113. The van der Waals surface area contributed by atoms with E-state index in [1.54, 1.807) is 24.0 Å². The number of nitrogens with zero attached hydrogens (tertiary/aromatic N) is 2. The van der Waals surface area contributed by atoms with E-state index in [0.29, 0.717) is 10.6 Å². The molecule has 17 heavy (non-hydrogen) atoms. The number of hydrogen-bond donors (Lipinski definition) is 0. The SMILES string of the molecule is Cc1ccsc1C(=O)CC(=O)c1ccn(C)n1. The van der Waals surface area contributed by atoms with Crippen LogP contribution in [0, 0.1) is 6.92 Å². The molecule has 0 spiro atoms. The number of carbonyl (C=O) groups is 2. The summed E-state index contributed by atoms with van der Waals surface area (Å²) in [5, 5.41) is 5.84. The van der Waals surface area contributed by atoms with E-state index in [1.165, 1.54) is 11.3 Å². The van der Waals surface area contributed by atoms with Crippen molar-refractivity contribution in [1.82, 2.24) is 9.78 Å². The highest BCUT2D eigenvalue weighted by Gasteiger charge is 2.17. The van der Waals surface area contributed by atoms with Gasteiger partial charge in [0.15, 0.2) is 11.6 Å². The third-order valence-electron chi connectivity index (χ3n) is 2.44. The van der Waals surface area contributed by atoms with Crippen LogP contribution in [0.15, 0.2) is 23.7 Å². The van der Waals surface area contributed by atoms with Crippen molar-refractivity contribution in [1.29, 1.82) is 0 Å². The van der Waals surface area contributed by atoms with Crippen LogP contribution in [0.1, 0.15) is 32.1 Å². The number of Topliss-reactive ketones (excluding diaryl/α,β-unsaturated/α-hetero) is 2. The molecule has 0 saturated heterocycles. The zero-order valence-corrected chi connectivity index (χ0v) is 10.5. The monoisotopic (exact) mass is 248 g/mol. The third kappa shape index (κ3) is 2.50. The minimum atomic E-state index is -0.233. The summed E-state index contributed by atoms with van der Waals surface area (Å²) in [5.74, 6) is -0.364. The molecule has 0 atom stereocenters. The van der Waals surface area contributed by atoms with E-state index in [-0.39, 0.29) is 18.0 Å². The maximum atomic E-state index is 11.9. The molecule has 0 aromatic carbocycles. The van der Waals surface area contributed by atoms with Crippen molar-refractivity contribution in [2.75, 3.05) is 0 Å². The second kappa shape index (κ2) is 4.63. The van der Waals surface area contributed by atoms with Crippen LogP contribution in [0.25, 0.3) is 0 Å². The lowest BCUT2D eigenvalue weighted by molar-refractivity contribution is 0.0893. The van der Waals surface area contributed by atoms with Gasteiger partial charge in [0, 0.05) is 13.2 Å². The Morgan fingerprint density at radius 2 is 2.12 bits per heavy atom. The Kier molecular flexibility index (Phi) is 3.19. The molecule has 0 aliphatic carbocycles. The molecule has 0 aliphatic heterocycles. The van der Waals surface area contributed by atoms with Crippen molar-refractivity contribution < 1.29 is 9.59 Å². The average Bonchev–Trinajstić information content (AvgIpc) is 2.86. The van der Waals surface area contributed by atoms with Gasteiger partial charge in [0.1, 0.15) is 5.69 Å². The van der Waals surface area contributed by atoms with Crippen molar-refractivity contribution in [2.24, 2.45) is 7.05 Å². The first kappa shape index (κ1) is 11.7. The van der Waals surface area contributed by atoms with Crippen LogP contribution in [0.4, 0.5) is 0 Å². The summed E-state index contributed by atoms with van der Waals surface area (Å²) in [5.41, 5.74) is 1.27. The fourth-order valence-electron chi connectivity index (χ4n) is 1.54. The lowest BCUT2D eigenvalue weighted by atomic mass is 10.1. The summed E-state index contributed by atoms with van der Waals surface area (Å²) in [6, 6.07) is 3.50. The molecule has 0 bridgehead atoms. The van der Waals surface area contributed by atoms with Crippen LogP contribution >= 0.6 is 11.3 Å². The molecule has 2 aromatic rings. The first-order valence-electron chi connectivity index (χ1n) is 5.18. The van der Waals surface area contributed by atoms with Crippen molar-refractivity contribution in [3.05, 3.63) is 39.8 Å². The molecule has 5 heteroatoms. The maximum Gasteiger partial charge on any atom is 0.190 e. The Balaban J connectivity index is 2.10. The van der Waals surface area contributed by atoms with Gasteiger partial charge in [0.05, 0.1) is 11.3 Å². The third-order valence-corrected chi connectivity index (χ3v) is 3.49. The van der Waals surface area contributed by atoms with E-state index in [0.717, 1.165) is 5.56 Å². The lowest BCUT2D eigenvalue weighted by Gasteiger charge is -1.97. The number of carbonyl (C=O) groups excluding carboxylic acids is 2. The van der Waals surface area contributed by atoms with Crippen LogP contribution in [0.5, 0.6) is 0 Å². The predicted molar refractivity (Wildman–Crippen MR) is 65.5 cm³/mol. The molecule has 4 nitrogen and oxygen atoms in total. The average molecular weight is 248 g/mol. The fourth-order valence-corrected chi connectivity index (χ4v) is 2.40. The van der Waals surface area contributed by atoms with E-state index >= 15 is 0 Å². The number of hydrogen-bond acceptors (Lipinski definition) is 4. The van der Waals surface area contributed by atoms with Gasteiger partial charge >= 0.3 is 0 Å². The van der Waals surface area contributed by atoms with Crippen LogP contribution in [-0.4, -0.2) is 21.3 Å². The number of aromatic nitrogens is 2. The molecular weight excluding hydrogens is 236 g/mol. The minimum Gasteiger partial charge on any atom is -0.293 e. The predicted octanol–water partition coefficient (Wildman–Crippen LogP) is 2.25. The molecular formula is C12H12N2O2S. The van der Waals surface area contributed by atoms with Crippen LogP contribution in [-0.2, 0) is 7.05 Å². The second-order valence-electron chi connectivity index (χ2n) is 3.83. The van der Waals surface area contributed by atoms with E-state index in [4.69, 9.17) is 0 Å². The number of ketones is 2. The molecule has 0 fully saturated rings. The Morgan fingerprint density at radius 3 is 2.65 bits per heavy atom. The van der Waals surface area contributed by atoms with Gasteiger partial charge in [-0.1, -0.05) is 0 Å². The summed E-state index contributed by atoms with van der Waals surface area (Å²) < 4.78 is 1.55. The van der Waals surface area contributed by atoms with E-state index in [2.05, 4.69) is 5.10 Å². The standard InChI is InChI=1S/C12H12N2O2S/c1-8-4-6-17-12(8)11(16)7-10(15)9-3-5-14(2)13-9/h3-6H,7H2,1-2H3. The molecule has 2 rings (SSSR count). The van der Waals surface area contributed by atoms with Crippen molar-refractivity contribution in [3.8, 4) is 0 Å². The van der Waals surface area contributed by atoms with Crippen LogP contribution in [0.3, 0.4) is 0 Å². The molecule has 88 valence electrons. The van der Waals surface area contributed by atoms with E-state index in [1.807, 2.05) is 18.4 Å². The van der Waals surface area contributed by atoms with Gasteiger partial charge in [-0.2, -0.15) is 5.10 Å². The van der Waals surface area contributed by atoms with Crippen LogP contribution < -0.4 is 0 Å². The second-order valence-corrected chi connectivity index (χ2v) is 4.75. The normalized spacial score (nSPS) is 10.5. The molecule has 0 unspecified atom stereocenters. The summed E-state index contributed by atoms with van der Waals surface area (Å²) in [7, 11) is 1.74. The van der Waals surface area contributed by atoms with Crippen molar-refractivity contribution in [3.63, 3.8) is 0 Å². The Labute approximate surface area is 103 Å². The van der Waals surface area contributed by atoms with Gasteiger partial charge in [-0.15, -0.1) is 11.3 Å². The smallest absolute Gasteiger partial charge is 0.190 e. The zero-order chi connectivity index (χ0) is 12.4. The first-order chi connectivity index (χ1) is 8.08. The summed E-state index contributed by atoms with van der Waals surface area (Å²) >= 11 is 1.37. The fraction of sp³-hybridized carbons (Fsp3) is 0.250. The largest absolute Gasteiger partial charge is 0.293 e.